The lowest BCUT2D eigenvalue weighted by Gasteiger charge is -2.28. The second kappa shape index (κ2) is 3.83. The van der Waals surface area contributed by atoms with E-state index in [9.17, 15) is 9.59 Å². The molecule has 0 unspecified atom stereocenters. The molecule has 0 aromatic heterocycles. The van der Waals surface area contributed by atoms with Gasteiger partial charge in [-0.1, -0.05) is 48.5 Å². The van der Waals surface area contributed by atoms with Gasteiger partial charge in [-0.25, -0.2) is 0 Å². The van der Waals surface area contributed by atoms with Gasteiger partial charge in [0.15, 0.2) is 0 Å². The first kappa shape index (κ1) is 11.7. The summed E-state index contributed by atoms with van der Waals surface area (Å²) in [5.41, 5.74) is 4.53. The number of rotatable bonds is 0. The minimum atomic E-state index is -0.416. The van der Waals surface area contributed by atoms with E-state index in [1.165, 1.54) is 10.8 Å². The third-order valence-electron chi connectivity index (χ3n) is 4.60. The van der Waals surface area contributed by atoms with Crippen LogP contribution in [0, 0.1) is 0 Å². The van der Waals surface area contributed by atoms with E-state index in [1.807, 2.05) is 24.3 Å². The quantitative estimate of drug-likeness (QED) is 0.592. The minimum absolute atomic E-state index is 0.394. The average molecular weight is 285 g/mol. The second-order valence-corrected chi connectivity index (χ2v) is 5.74. The fourth-order valence-electron chi connectivity index (χ4n) is 3.65. The zero-order chi connectivity index (χ0) is 14.8. The SMILES string of the molecule is O=C1C(=O)N2Cc3ccc4ccccc4c3-c3cccc1c32. The summed E-state index contributed by atoms with van der Waals surface area (Å²) in [5, 5.41) is 2.34. The molecule has 0 saturated carbocycles. The molecule has 0 spiro atoms. The summed E-state index contributed by atoms with van der Waals surface area (Å²) in [4.78, 5) is 26.0. The van der Waals surface area contributed by atoms with Crippen LogP contribution in [0.15, 0.2) is 54.6 Å². The Morgan fingerprint density at radius 3 is 2.55 bits per heavy atom. The van der Waals surface area contributed by atoms with Gasteiger partial charge in [0.25, 0.3) is 11.7 Å². The highest BCUT2D eigenvalue weighted by atomic mass is 16.2. The van der Waals surface area contributed by atoms with E-state index in [2.05, 4.69) is 24.3 Å². The molecule has 2 heterocycles. The van der Waals surface area contributed by atoms with Gasteiger partial charge in [0.2, 0.25) is 0 Å². The molecule has 2 aliphatic rings. The Morgan fingerprint density at radius 2 is 1.64 bits per heavy atom. The number of ketones is 1. The van der Waals surface area contributed by atoms with Crippen molar-refractivity contribution in [3.8, 4) is 11.1 Å². The first-order valence-corrected chi connectivity index (χ1v) is 7.26. The van der Waals surface area contributed by atoms with Crippen LogP contribution >= 0.6 is 0 Å². The molecule has 104 valence electrons. The maximum Gasteiger partial charge on any atom is 0.299 e. The van der Waals surface area contributed by atoms with Gasteiger partial charge in [-0.2, -0.15) is 0 Å². The van der Waals surface area contributed by atoms with Crippen molar-refractivity contribution in [2.75, 3.05) is 4.90 Å². The largest absolute Gasteiger partial charge is 0.300 e. The van der Waals surface area contributed by atoms with Gasteiger partial charge in [0, 0.05) is 5.56 Å². The standard InChI is InChI=1S/C19H11NO2/c21-18-15-7-3-6-14-16-12(10-20(17(14)15)19(18)22)9-8-11-4-1-2-5-13(11)16/h1-9H,10H2. The smallest absolute Gasteiger partial charge is 0.299 e. The van der Waals surface area contributed by atoms with Crippen molar-refractivity contribution in [1.29, 1.82) is 0 Å². The molecule has 3 heteroatoms. The fourth-order valence-corrected chi connectivity index (χ4v) is 3.65. The molecular weight excluding hydrogens is 274 g/mol. The van der Waals surface area contributed by atoms with Crippen molar-refractivity contribution < 1.29 is 9.59 Å². The monoisotopic (exact) mass is 285 g/mol. The molecule has 0 N–H and O–H groups in total. The number of amides is 1. The summed E-state index contributed by atoms with van der Waals surface area (Å²) < 4.78 is 0. The third-order valence-corrected chi connectivity index (χ3v) is 4.60. The lowest BCUT2D eigenvalue weighted by atomic mass is 9.88. The van der Waals surface area contributed by atoms with Crippen molar-refractivity contribution in [3.63, 3.8) is 0 Å². The summed E-state index contributed by atoms with van der Waals surface area (Å²) >= 11 is 0. The summed E-state index contributed by atoms with van der Waals surface area (Å²) in [5.74, 6) is -0.810. The number of carbonyl (C=O) groups excluding carboxylic acids is 2. The van der Waals surface area contributed by atoms with Gasteiger partial charge in [-0.15, -0.1) is 0 Å². The van der Waals surface area contributed by atoms with E-state index < -0.39 is 11.7 Å². The fraction of sp³-hybridized carbons (Fsp3) is 0.0526. The summed E-state index contributed by atoms with van der Waals surface area (Å²) in [6.07, 6.45) is 0. The molecule has 0 bridgehead atoms. The van der Waals surface area contributed by atoms with Crippen LogP contribution in [0.2, 0.25) is 0 Å². The Labute approximate surface area is 126 Å². The number of nitrogens with zero attached hydrogens (tertiary/aromatic N) is 1. The predicted octanol–water partition coefficient (Wildman–Crippen LogP) is 3.55. The molecule has 5 rings (SSSR count). The highest BCUT2D eigenvalue weighted by molar-refractivity contribution is 6.53. The number of benzene rings is 3. The molecule has 0 radical (unpaired) electrons. The molecule has 0 aliphatic carbocycles. The number of fused-ring (bicyclic) bond motifs is 4. The zero-order valence-corrected chi connectivity index (χ0v) is 11.7. The Balaban J connectivity index is 1.94. The van der Waals surface area contributed by atoms with Gasteiger partial charge >= 0.3 is 0 Å². The van der Waals surface area contributed by atoms with Crippen LogP contribution in [0.4, 0.5) is 5.69 Å². The highest BCUT2D eigenvalue weighted by Gasteiger charge is 2.40. The number of hydrogen-bond acceptors (Lipinski definition) is 2. The Kier molecular flexibility index (Phi) is 2.03. The number of Topliss-reactive ketones (excluding diaryl/α,β-unsaturated/α-hetero) is 1. The van der Waals surface area contributed by atoms with E-state index in [4.69, 9.17) is 0 Å². The zero-order valence-electron chi connectivity index (χ0n) is 11.7. The molecular formula is C19H11NO2. The van der Waals surface area contributed by atoms with Gasteiger partial charge in [-0.3, -0.25) is 14.5 Å². The van der Waals surface area contributed by atoms with Crippen LogP contribution in [0.3, 0.4) is 0 Å². The lowest BCUT2D eigenvalue weighted by Crippen LogP contribution is -2.31. The second-order valence-electron chi connectivity index (χ2n) is 5.74. The minimum Gasteiger partial charge on any atom is -0.300 e. The number of carbonyl (C=O) groups is 2. The van der Waals surface area contributed by atoms with E-state index >= 15 is 0 Å². The molecule has 0 fully saturated rings. The predicted molar refractivity (Wildman–Crippen MR) is 84.9 cm³/mol. The molecule has 0 saturated heterocycles. The number of anilines is 1. The van der Waals surface area contributed by atoms with Gasteiger partial charge in [-0.05, 0) is 28.0 Å². The normalized spacial score (nSPS) is 15.2. The molecule has 3 aromatic rings. The Hall–Kier alpha value is -2.94. The van der Waals surface area contributed by atoms with Crippen LogP contribution in [0.1, 0.15) is 15.9 Å². The van der Waals surface area contributed by atoms with Crippen molar-refractivity contribution in [3.05, 3.63) is 65.7 Å². The first-order valence-electron chi connectivity index (χ1n) is 7.26. The topological polar surface area (TPSA) is 37.4 Å². The first-order chi connectivity index (χ1) is 10.8. The van der Waals surface area contributed by atoms with E-state index in [-0.39, 0.29) is 0 Å². The van der Waals surface area contributed by atoms with Crippen molar-refractivity contribution >= 4 is 28.2 Å². The molecule has 3 aromatic carbocycles. The van der Waals surface area contributed by atoms with Crippen molar-refractivity contribution in [2.45, 2.75) is 6.54 Å². The average Bonchev–Trinajstić information content (AvgIpc) is 2.81. The summed E-state index contributed by atoms with van der Waals surface area (Å²) in [7, 11) is 0. The Bertz CT molecular complexity index is 1000. The van der Waals surface area contributed by atoms with Crippen LogP contribution in [0.5, 0.6) is 0 Å². The molecule has 0 atom stereocenters. The Morgan fingerprint density at radius 1 is 0.818 bits per heavy atom. The van der Waals surface area contributed by atoms with Gasteiger partial charge < -0.3 is 0 Å². The maximum atomic E-state index is 12.2. The van der Waals surface area contributed by atoms with Crippen molar-refractivity contribution in [2.24, 2.45) is 0 Å². The van der Waals surface area contributed by atoms with E-state index in [1.54, 1.807) is 11.0 Å². The summed E-state index contributed by atoms with van der Waals surface area (Å²) in [6, 6.07) is 18.0. The lowest BCUT2D eigenvalue weighted by molar-refractivity contribution is -0.114. The molecule has 2 aliphatic heterocycles. The molecule has 1 amide bonds. The maximum absolute atomic E-state index is 12.2. The van der Waals surface area contributed by atoms with E-state index in [0.29, 0.717) is 12.1 Å². The molecule has 22 heavy (non-hydrogen) atoms. The van der Waals surface area contributed by atoms with Crippen molar-refractivity contribution in [1.82, 2.24) is 0 Å². The number of hydrogen-bond donors (Lipinski definition) is 0. The number of para-hydroxylation sites is 1. The molecule has 3 nitrogen and oxygen atoms in total. The summed E-state index contributed by atoms with van der Waals surface area (Å²) in [6.45, 7) is 0.467. The van der Waals surface area contributed by atoms with Crippen LogP contribution in [-0.4, -0.2) is 11.7 Å². The van der Waals surface area contributed by atoms with Gasteiger partial charge in [0.05, 0.1) is 17.8 Å². The van der Waals surface area contributed by atoms with Crippen LogP contribution < -0.4 is 4.90 Å². The van der Waals surface area contributed by atoms with Gasteiger partial charge in [0.1, 0.15) is 0 Å². The highest BCUT2D eigenvalue weighted by Crippen LogP contribution is 2.47. The third kappa shape index (κ3) is 1.26. The van der Waals surface area contributed by atoms with Crippen LogP contribution in [0.25, 0.3) is 21.9 Å². The van der Waals surface area contributed by atoms with Crippen LogP contribution in [-0.2, 0) is 11.3 Å². The van der Waals surface area contributed by atoms with E-state index in [0.717, 1.165) is 22.4 Å².